The first-order valence-electron chi connectivity index (χ1n) is 7.51. The van der Waals surface area contributed by atoms with Crippen molar-refractivity contribution in [2.75, 3.05) is 0 Å². The molecule has 1 aliphatic rings. The summed E-state index contributed by atoms with van der Waals surface area (Å²) in [5.41, 5.74) is 5.83. The molecule has 1 aromatic carbocycles. The Morgan fingerprint density at radius 3 is 2.46 bits per heavy atom. The van der Waals surface area contributed by atoms with Gasteiger partial charge in [0.1, 0.15) is 22.3 Å². The predicted molar refractivity (Wildman–Crippen MR) is 92.4 cm³/mol. The molecule has 1 aliphatic carbocycles. The van der Waals surface area contributed by atoms with Gasteiger partial charge in [-0.05, 0) is 37.8 Å². The van der Waals surface area contributed by atoms with E-state index in [4.69, 9.17) is 5.73 Å². The summed E-state index contributed by atoms with van der Waals surface area (Å²) in [6, 6.07) is 3.93. The monoisotopic (exact) mass is 373 g/mol. The van der Waals surface area contributed by atoms with Gasteiger partial charge in [0.15, 0.2) is 0 Å². The van der Waals surface area contributed by atoms with Crippen LogP contribution in [0.5, 0.6) is 0 Å². The number of hydrogen-bond acceptors (Lipinski definition) is 4. The number of hydrogen-bond donors (Lipinski definition) is 2. The number of thiazole rings is 1. The summed E-state index contributed by atoms with van der Waals surface area (Å²) in [6.45, 7) is 0. The number of nitrogens with zero attached hydrogens (tertiary/aromatic N) is 1. The van der Waals surface area contributed by atoms with Crippen molar-refractivity contribution >= 4 is 29.7 Å². The lowest BCUT2D eigenvalue weighted by molar-refractivity contribution is 0.0921. The van der Waals surface area contributed by atoms with Crippen molar-refractivity contribution in [1.82, 2.24) is 10.3 Å². The number of nitrogens with one attached hydrogen (secondary N) is 1. The van der Waals surface area contributed by atoms with Gasteiger partial charge in [0.25, 0.3) is 5.91 Å². The molecule has 0 atom stereocenters. The van der Waals surface area contributed by atoms with Gasteiger partial charge in [-0.3, -0.25) is 4.79 Å². The lowest BCUT2D eigenvalue weighted by atomic mass is 9.92. The second-order valence-electron chi connectivity index (χ2n) is 5.72. The lowest BCUT2D eigenvalue weighted by Gasteiger charge is -2.26. The molecular formula is C16H18ClF2N3OS. The normalized spacial score (nSPS) is 20.3. The van der Waals surface area contributed by atoms with Gasteiger partial charge in [0, 0.05) is 17.5 Å². The summed E-state index contributed by atoms with van der Waals surface area (Å²) >= 11 is 1.05. The fraction of sp³-hybridized carbons (Fsp3) is 0.375. The van der Waals surface area contributed by atoms with E-state index >= 15 is 0 Å². The van der Waals surface area contributed by atoms with E-state index in [1.165, 1.54) is 23.6 Å². The third-order valence-corrected chi connectivity index (χ3v) is 4.88. The number of nitrogens with two attached hydrogens (primary N) is 1. The topological polar surface area (TPSA) is 68.0 Å². The minimum absolute atomic E-state index is 0. The van der Waals surface area contributed by atoms with Gasteiger partial charge in [-0.25, -0.2) is 13.8 Å². The van der Waals surface area contributed by atoms with E-state index in [1.54, 1.807) is 0 Å². The predicted octanol–water partition coefficient (Wildman–Crippen LogP) is 3.51. The van der Waals surface area contributed by atoms with E-state index in [0.29, 0.717) is 0 Å². The van der Waals surface area contributed by atoms with Crippen molar-refractivity contribution < 1.29 is 13.6 Å². The van der Waals surface area contributed by atoms with Crippen LogP contribution in [0.15, 0.2) is 23.6 Å². The minimum atomic E-state index is -0.687. The molecule has 1 amide bonds. The smallest absolute Gasteiger partial charge is 0.270 e. The molecular weight excluding hydrogens is 356 g/mol. The first-order valence-corrected chi connectivity index (χ1v) is 8.39. The van der Waals surface area contributed by atoms with Gasteiger partial charge in [0.05, 0.1) is 5.56 Å². The number of benzene rings is 1. The number of aromatic nitrogens is 1. The Labute approximate surface area is 148 Å². The van der Waals surface area contributed by atoms with Crippen molar-refractivity contribution in [2.24, 2.45) is 5.73 Å². The molecule has 0 bridgehead atoms. The Morgan fingerprint density at radius 1 is 1.21 bits per heavy atom. The zero-order valence-electron chi connectivity index (χ0n) is 12.8. The molecule has 0 aliphatic heterocycles. The molecule has 3 N–H and O–H groups in total. The quantitative estimate of drug-likeness (QED) is 0.865. The van der Waals surface area contributed by atoms with E-state index in [9.17, 15) is 13.6 Å². The largest absolute Gasteiger partial charge is 0.348 e. The number of halogens is 3. The first kappa shape index (κ1) is 18.8. The van der Waals surface area contributed by atoms with Crippen LogP contribution >= 0.6 is 23.7 Å². The summed E-state index contributed by atoms with van der Waals surface area (Å²) in [5.74, 6) is -1.69. The van der Waals surface area contributed by atoms with Gasteiger partial charge in [0.2, 0.25) is 0 Å². The summed E-state index contributed by atoms with van der Waals surface area (Å²) in [4.78, 5) is 16.3. The van der Waals surface area contributed by atoms with Crippen LogP contribution in [0, 0.1) is 11.6 Å². The Bertz CT molecular complexity index is 697. The minimum Gasteiger partial charge on any atom is -0.348 e. The van der Waals surface area contributed by atoms with E-state index in [-0.39, 0.29) is 46.7 Å². The van der Waals surface area contributed by atoms with E-state index in [2.05, 4.69) is 10.3 Å². The highest BCUT2D eigenvalue weighted by Gasteiger charge is 2.22. The molecule has 3 rings (SSSR count). The fourth-order valence-corrected chi connectivity index (χ4v) is 3.56. The van der Waals surface area contributed by atoms with Crippen molar-refractivity contribution in [2.45, 2.75) is 37.8 Å². The standard InChI is InChI=1S/C16H17F2N3OS.ClH/c17-11-2-1-3-12(18)14(11)16-21-13(8-23-16)15(22)20-10-6-4-9(19)5-7-10;/h1-3,8-10H,4-7,19H2,(H,20,22);1H. The molecule has 1 fully saturated rings. The molecule has 4 nitrogen and oxygen atoms in total. The average molecular weight is 374 g/mol. The maximum atomic E-state index is 13.8. The molecule has 0 saturated heterocycles. The van der Waals surface area contributed by atoms with E-state index < -0.39 is 11.6 Å². The van der Waals surface area contributed by atoms with Crippen LogP contribution in [-0.4, -0.2) is 23.0 Å². The van der Waals surface area contributed by atoms with Gasteiger partial charge in [-0.2, -0.15) is 0 Å². The van der Waals surface area contributed by atoms with Crippen LogP contribution in [0.2, 0.25) is 0 Å². The summed E-state index contributed by atoms with van der Waals surface area (Å²) in [6.07, 6.45) is 3.44. The average Bonchev–Trinajstić information content (AvgIpc) is 2.99. The second kappa shape index (κ2) is 8.00. The lowest BCUT2D eigenvalue weighted by Crippen LogP contribution is -2.40. The molecule has 2 aromatic rings. The van der Waals surface area contributed by atoms with Gasteiger partial charge >= 0.3 is 0 Å². The molecule has 8 heteroatoms. The van der Waals surface area contributed by atoms with Crippen molar-refractivity contribution in [3.8, 4) is 10.6 Å². The molecule has 24 heavy (non-hydrogen) atoms. The van der Waals surface area contributed by atoms with Crippen LogP contribution in [0.3, 0.4) is 0 Å². The molecule has 0 spiro atoms. The van der Waals surface area contributed by atoms with Crippen LogP contribution in [-0.2, 0) is 0 Å². The maximum Gasteiger partial charge on any atom is 0.270 e. The van der Waals surface area contributed by atoms with Crippen LogP contribution < -0.4 is 11.1 Å². The molecule has 0 radical (unpaired) electrons. The number of carbonyl (C=O) groups is 1. The van der Waals surface area contributed by atoms with Crippen LogP contribution in [0.25, 0.3) is 10.6 Å². The summed E-state index contributed by atoms with van der Waals surface area (Å²) in [7, 11) is 0. The molecule has 0 unspecified atom stereocenters. The zero-order valence-corrected chi connectivity index (χ0v) is 14.4. The zero-order chi connectivity index (χ0) is 16.4. The highest BCUT2D eigenvalue weighted by molar-refractivity contribution is 7.13. The van der Waals surface area contributed by atoms with E-state index in [1.807, 2.05) is 0 Å². The molecule has 1 aromatic heterocycles. The SMILES string of the molecule is Cl.NC1CCC(NC(=O)c2csc(-c3c(F)cccc3F)n2)CC1. The fourth-order valence-electron chi connectivity index (χ4n) is 2.72. The van der Waals surface area contributed by atoms with Gasteiger partial charge in [-0.1, -0.05) is 6.07 Å². The highest BCUT2D eigenvalue weighted by Crippen LogP contribution is 2.29. The van der Waals surface area contributed by atoms with E-state index in [0.717, 1.165) is 37.0 Å². The Morgan fingerprint density at radius 2 is 1.83 bits per heavy atom. The second-order valence-corrected chi connectivity index (χ2v) is 6.58. The number of carbonyl (C=O) groups excluding carboxylic acids is 1. The summed E-state index contributed by atoms with van der Waals surface area (Å²) < 4.78 is 27.5. The molecule has 1 saturated carbocycles. The van der Waals surface area contributed by atoms with Crippen molar-refractivity contribution in [3.05, 3.63) is 40.9 Å². The maximum absolute atomic E-state index is 13.8. The van der Waals surface area contributed by atoms with Crippen molar-refractivity contribution in [3.63, 3.8) is 0 Å². The van der Waals surface area contributed by atoms with Crippen molar-refractivity contribution in [1.29, 1.82) is 0 Å². The Hall–Kier alpha value is -1.57. The highest BCUT2D eigenvalue weighted by atomic mass is 35.5. The van der Waals surface area contributed by atoms with Gasteiger partial charge in [-0.15, -0.1) is 23.7 Å². The molecule has 1 heterocycles. The number of amides is 1. The third kappa shape index (κ3) is 4.09. The first-order chi connectivity index (χ1) is 11.0. The van der Waals surface area contributed by atoms with Crippen LogP contribution in [0.4, 0.5) is 8.78 Å². The third-order valence-electron chi connectivity index (χ3n) is 4.02. The Kier molecular flexibility index (Phi) is 6.26. The number of rotatable bonds is 3. The summed E-state index contributed by atoms with van der Waals surface area (Å²) in [5, 5.41) is 4.59. The van der Waals surface area contributed by atoms with Crippen LogP contribution in [0.1, 0.15) is 36.2 Å². The molecule has 130 valence electrons. The Balaban J connectivity index is 0.00000208. The van der Waals surface area contributed by atoms with Gasteiger partial charge < -0.3 is 11.1 Å².